The van der Waals surface area contributed by atoms with Gasteiger partial charge in [-0.1, -0.05) is 107 Å². The first-order chi connectivity index (χ1) is 11.7. The first-order valence-corrected chi connectivity index (χ1v) is 11.8. The molecule has 168 valence electrons. The third-order valence-electron chi connectivity index (χ3n) is 2.00. The molecule has 0 aromatic heterocycles. The summed E-state index contributed by atoms with van der Waals surface area (Å²) in [4.78, 5) is 0. The first kappa shape index (κ1) is 40.4. The monoisotopic (exact) mass is 428 g/mol. The van der Waals surface area contributed by atoms with Crippen LogP contribution in [-0.4, -0.2) is 35.0 Å². The number of unbranched alkanes of at least 4 members (excludes halogenated alkanes) is 4. The maximum Gasteiger partial charge on any atom is 0.394 e. The molecule has 0 rings (SSSR count). The fourth-order valence-corrected chi connectivity index (χ4v) is 0. The van der Waals surface area contributed by atoms with Gasteiger partial charge in [-0.05, 0) is 0 Å². The maximum absolute atomic E-state index is 8.74. The molecule has 10 heteroatoms. The highest BCUT2D eigenvalue weighted by Gasteiger charge is 1.85. The molecule has 0 radical (unpaired) electrons. The van der Waals surface area contributed by atoms with Crippen molar-refractivity contribution in [2.24, 2.45) is 0 Å². The van der Waals surface area contributed by atoms with Gasteiger partial charge >= 0.3 is 20.8 Å². The van der Waals surface area contributed by atoms with Crippen LogP contribution in [0.5, 0.6) is 0 Å². The summed E-state index contributed by atoms with van der Waals surface area (Å²) in [6, 6.07) is 0. The van der Waals surface area contributed by atoms with Crippen LogP contribution >= 0.6 is 0 Å². The summed E-state index contributed by atoms with van der Waals surface area (Å²) in [5, 5.41) is 0. The van der Waals surface area contributed by atoms with Gasteiger partial charge in [-0.2, -0.15) is 16.8 Å². The second-order valence-corrected chi connectivity index (χ2v) is 6.69. The van der Waals surface area contributed by atoms with Crippen LogP contribution in [0.1, 0.15) is 107 Å². The third kappa shape index (κ3) is 878. The molecule has 0 aromatic rings. The Kier molecular flexibility index (Phi) is 55.6. The average molecular weight is 429 g/mol. The van der Waals surface area contributed by atoms with Gasteiger partial charge in [-0.15, -0.1) is 0 Å². The van der Waals surface area contributed by atoms with Gasteiger partial charge in [-0.3, -0.25) is 18.2 Å². The Morgan fingerprint density at radius 2 is 0.423 bits per heavy atom. The predicted octanol–water partition coefficient (Wildman–Crippen LogP) is 5.92. The summed E-state index contributed by atoms with van der Waals surface area (Å²) >= 11 is 0. The van der Waals surface area contributed by atoms with Crippen molar-refractivity contribution >= 4 is 20.8 Å². The highest BCUT2D eigenvalue weighted by atomic mass is 32.3. The van der Waals surface area contributed by atoms with E-state index in [0.29, 0.717) is 0 Å². The van der Waals surface area contributed by atoms with E-state index in [1.807, 2.05) is 0 Å². The molecule has 0 atom stereocenters. The van der Waals surface area contributed by atoms with Gasteiger partial charge in [0.1, 0.15) is 0 Å². The van der Waals surface area contributed by atoms with Crippen molar-refractivity contribution in [3.8, 4) is 0 Å². The first-order valence-electron chi connectivity index (χ1n) is 9.05. The van der Waals surface area contributed by atoms with Gasteiger partial charge in [0.2, 0.25) is 0 Å². The summed E-state index contributed by atoms with van der Waals surface area (Å²) in [6.45, 7) is 17.4. The molecule has 0 spiro atoms. The Hall–Kier alpha value is -0.260. The van der Waals surface area contributed by atoms with Crippen molar-refractivity contribution in [3.63, 3.8) is 0 Å². The molecule has 0 saturated carbocycles. The van der Waals surface area contributed by atoms with Crippen LogP contribution in [0.25, 0.3) is 0 Å². The van der Waals surface area contributed by atoms with Gasteiger partial charge in [0, 0.05) is 0 Å². The van der Waals surface area contributed by atoms with E-state index in [1.165, 1.54) is 51.4 Å². The van der Waals surface area contributed by atoms with Crippen LogP contribution in [0.2, 0.25) is 0 Å². The molecule has 0 amide bonds. The average Bonchev–Trinajstić information content (AvgIpc) is 2.52. The lowest BCUT2D eigenvalue weighted by atomic mass is 10.4. The summed E-state index contributed by atoms with van der Waals surface area (Å²) in [5.41, 5.74) is 0. The Balaban J connectivity index is -0.0000000463. The molecule has 8 nitrogen and oxygen atoms in total. The van der Waals surface area contributed by atoms with E-state index in [9.17, 15) is 0 Å². The van der Waals surface area contributed by atoms with Gasteiger partial charge in [0.25, 0.3) is 0 Å². The lowest BCUT2D eigenvalue weighted by Crippen LogP contribution is -1.89. The minimum Gasteiger partial charge on any atom is -0.264 e. The van der Waals surface area contributed by atoms with E-state index < -0.39 is 20.8 Å². The van der Waals surface area contributed by atoms with Gasteiger partial charge < -0.3 is 0 Å². The molecule has 0 aliphatic rings. The van der Waals surface area contributed by atoms with Crippen molar-refractivity contribution in [2.75, 3.05) is 0 Å². The fourth-order valence-electron chi connectivity index (χ4n) is 0. The SMILES string of the molecule is CCCC.CCCC.CCCC.CCCC.O=S(=O)(O)O.O=S(=O)(O)O. The van der Waals surface area contributed by atoms with Crippen LogP contribution in [-0.2, 0) is 20.8 Å². The zero-order chi connectivity index (χ0) is 22.7. The van der Waals surface area contributed by atoms with E-state index in [1.54, 1.807) is 0 Å². The molecule has 0 aliphatic carbocycles. The number of rotatable bonds is 4. The zero-order valence-corrected chi connectivity index (χ0v) is 19.5. The molecular formula is C16H44O8S2. The molecule has 4 N–H and O–H groups in total. The van der Waals surface area contributed by atoms with Crippen molar-refractivity contribution in [1.82, 2.24) is 0 Å². The van der Waals surface area contributed by atoms with E-state index in [4.69, 9.17) is 35.0 Å². The molecule has 0 fully saturated rings. The Bertz CT molecular complexity index is 309. The molecule has 0 heterocycles. The minimum atomic E-state index is -4.67. The second kappa shape index (κ2) is 35.8. The highest BCUT2D eigenvalue weighted by molar-refractivity contribution is 7.80. The van der Waals surface area contributed by atoms with Crippen LogP contribution in [0.4, 0.5) is 0 Å². The molecule has 0 saturated heterocycles. The molecule has 0 unspecified atom stereocenters. The topological polar surface area (TPSA) is 149 Å². The third-order valence-corrected chi connectivity index (χ3v) is 2.00. The maximum atomic E-state index is 8.74. The molecule has 0 aromatic carbocycles. The number of hydrogen-bond acceptors (Lipinski definition) is 4. The zero-order valence-electron chi connectivity index (χ0n) is 17.9. The number of hydrogen-bond donors (Lipinski definition) is 4. The van der Waals surface area contributed by atoms with Crippen LogP contribution in [0.15, 0.2) is 0 Å². The van der Waals surface area contributed by atoms with E-state index in [0.717, 1.165) is 0 Å². The fraction of sp³-hybridized carbons (Fsp3) is 1.00. The molecule has 0 aliphatic heterocycles. The Morgan fingerprint density at radius 3 is 0.423 bits per heavy atom. The molecular weight excluding hydrogens is 384 g/mol. The Morgan fingerprint density at radius 1 is 0.385 bits per heavy atom. The molecule has 0 bridgehead atoms. The smallest absolute Gasteiger partial charge is 0.264 e. The van der Waals surface area contributed by atoms with Gasteiger partial charge in [-0.25, -0.2) is 0 Å². The van der Waals surface area contributed by atoms with E-state index in [-0.39, 0.29) is 0 Å². The molecule has 26 heavy (non-hydrogen) atoms. The summed E-state index contributed by atoms with van der Waals surface area (Å²) < 4.78 is 63.2. The minimum absolute atomic E-state index is 1.32. The highest BCUT2D eigenvalue weighted by Crippen LogP contribution is 1.78. The summed E-state index contributed by atoms with van der Waals surface area (Å²) in [7, 11) is -9.33. The standard InChI is InChI=1S/4C4H10.2H2O4S/c4*1-3-4-2;2*1-5(2,3)4/h4*3-4H2,1-2H3;2*(H2,1,2,3,4). The second-order valence-electron chi connectivity index (χ2n) is 4.90. The van der Waals surface area contributed by atoms with E-state index >= 15 is 0 Å². The Labute approximate surface area is 163 Å². The van der Waals surface area contributed by atoms with Crippen molar-refractivity contribution in [3.05, 3.63) is 0 Å². The summed E-state index contributed by atoms with van der Waals surface area (Å²) in [6.07, 6.45) is 10.6. The lowest BCUT2D eigenvalue weighted by Gasteiger charge is -1.68. The van der Waals surface area contributed by atoms with Crippen LogP contribution in [0.3, 0.4) is 0 Å². The van der Waals surface area contributed by atoms with Gasteiger partial charge in [0.15, 0.2) is 0 Å². The quantitative estimate of drug-likeness (QED) is 0.403. The van der Waals surface area contributed by atoms with Crippen LogP contribution < -0.4 is 0 Å². The van der Waals surface area contributed by atoms with Crippen molar-refractivity contribution < 1.29 is 35.0 Å². The van der Waals surface area contributed by atoms with Crippen molar-refractivity contribution in [1.29, 1.82) is 0 Å². The predicted molar refractivity (Wildman–Crippen MR) is 111 cm³/mol. The van der Waals surface area contributed by atoms with Crippen molar-refractivity contribution in [2.45, 2.75) is 107 Å². The largest absolute Gasteiger partial charge is 0.394 e. The normalized spacial score (nSPS) is 9.08. The van der Waals surface area contributed by atoms with Gasteiger partial charge in [0.05, 0.1) is 0 Å². The van der Waals surface area contributed by atoms with Crippen LogP contribution in [0, 0.1) is 0 Å². The lowest BCUT2D eigenvalue weighted by molar-refractivity contribution is 0.378. The summed E-state index contributed by atoms with van der Waals surface area (Å²) in [5.74, 6) is 0. The van der Waals surface area contributed by atoms with E-state index in [2.05, 4.69) is 55.4 Å².